The van der Waals surface area contributed by atoms with E-state index in [0.717, 1.165) is 25.5 Å². The van der Waals surface area contributed by atoms with Gasteiger partial charge in [-0.05, 0) is 20.8 Å². The quantitative estimate of drug-likeness (QED) is 0.778. The first-order valence-corrected chi connectivity index (χ1v) is 5.90. The molecule has 1 aromatic heterocycles. The molecule has 2 heterocycles. The molecule has 0 fully saturated rings. The monoisotopic (exact) mass is 222 g/mol. The summed E-state index contributed by atoms with van der Waals surface area (Å²) in [5.74, 6) is 1.07. The van der Waals surface area contributed by atoms with E-state index in [0.29, 0.717) is 0 Å². The van der Waals surface area contributed by atoms with E-state index in [4.69, 9.17) is 4.98 Å². The molecule has 1 aromatic rings. The minimum atomic E-state index is 0.0948. The highest BCUT2D eigenvalue weighted by Gasteiger charge is 2.27. The molecule has 0 aliphatic carbocycles. The zero-order valence-corrected chi connectivity index (χ0v) is 11.0. The van der Waals surface area contributed by atoms with Gasteiger partial charge in [0.2, 0.25) is 5.95 Å². The summed E-state index contributed by atoms with van der Waals surface area (Å²) in [6.07, 6.45) is 1.08. The maximum Gasteiger partial charge on any atom is 0.205 e. The largest absolute Gasteiger partial charge is 0.348 e. The van der Waals surface area contributed by atoms with Gasteiger partial charge in [0.25, 0.3) is 0 Å². The number of aromatic nitrogens is 2. The lowest BCUT2D eigenvalue weighted by atomic mass is 10.1. The lowest BCUT2D eigenvalue weighted by Gasteiger charge is -2.29. The van der Waals surface area contributed by atoms with Gasteiger partial charge in [-0.15, -0.1) is 0 Å². The molecular weight excluding hydrogens is 200 g/mol. The Balaban J connectivity index is 2.58. The van der Waals surface area contributed by atoms with Gasteiger partial charge in [0.15, 0.2) is 0 Å². The fourth-order valence-electron chi connectivity index (χ4n) is 2.30. The van der Waals surface area contributed by atoms with Crippen LogP contribution in [0.4, 0.5) is 5.95 Å². The highest BCUT2D eigenvalue weighted by atomic mass is 15.3. The molecule has 1 aliphatic heterocycles. The zero-order chi connectivity index (χ0) is 11.9. The van der Waals surface area contributed by atoms with Crippen LogP contribution < -0.4 is 10.2 Å². The second-order valence-electron chi connectivity index (χ2n) is 5.63. The van der Waals surface area contributed by atoms with Crippen LogP contribution in [0.1, 0.15) is 32.2 Å². The Morgan fingerprint density at radius 1 is 1.31 bits per heavy atom. The van der Waals surface area contributed by atoms with Crippen LogP contribution in [0.25, 0.3) is 0 Å². The van der Waals surface area contributed by atoms with Crippen LogP contribution >= 0.6 is 0 Å². The molecule has 1 aliphatic rings. The average Bonchev–Trinajstić information content (AvgIpc) is 2.55. The number of anilines is 1. The molecule has 16 heavy (non-hydrogen) atoms. The SMILES string of the molecule is CN(C)c1nc2c(n1C(C)(C)C)CCNC2. The number of rotatable bonds is 1. The van der Waals surface area contributed by atoms with E-state index in [1.807, 2.05) is 0 Å². The molecule has 0 atom stereocenters. The van der Waals surface area contributed by atoms with Gasteiger partial charge in [0, 0.05) is 44.8 Å². The highest BCUT2D eigenvalue weighted by Crippen LogP contribution is 2.28. The Hall–Kier alpha value is -1.03. The molecule has 0 saturated heterocycles. The smallest absolute Gasteiger partial charge is 0.205 e. The molecule has 1 N–H and O–H groups in total. The maximum atomic E-state index is 4.74. The Morgan fingerprint density at radius 3 is 2.56 bits per heavy atom. The Labute approximate surface area is 97.7 Å². The fourth-order valence-corrected chi connectivity index (χ4v) is 2.30. The number of hydrogen-bond acceptors (Lipinski definition) is 3. The summed E-state index contributed by atoms with van der Waals surface area (Å²) in [5, 5.41) is 3.38. The normalized spacial score (nSPS) is 16.1. The molecule has 4 heteroatoms. The second kappa shape index (κ2) is 3.77. The summed E-state index contributed by atoms with van der Waals surface area (Å²) < 4.78 is 2.38. The van der Waals surface area contributed by atoms with Crippen LogP contribution in [0, 0.1) is 0 Å². The van der Waals surface area contributed by atoms with Crippen molar-refractivity contribution in [2.45, 2.75) is 39.3 Å². The first-order valence-electron chi connectivity index (χ1n) is 5.90. The van der Waals surface area contributed by atoms with Crippen LogP contribution in [-0.4, -0.2) is 30.2 Å². The minimum Gasteiger partial charge on any atom is -0.348 e. The van der Waals surface area contributed by atoms with Gasteiger partial charge in [-0.3, -0.25) is 0 Å². The summed E-state index contributed by atoms with van der Waals surface area (Å²) in [4.78, 5) is 6.84. The Bertz CT molecular complexity index is 384. The van der Waals surface area contributed by atoms with Crippen LogP contribution in [0.5, 0.6) is 0 Å². The lowest BCUT2D eigenvalue weighted by molar-refractivity contribution is 0.381. The topological polar surface area (TPSA) is 33.1 Å². The molecule has 0 aromatic carbocycles. The molecule has 0 radical (unpaired) electrons. The Kier molecular flexibility index (Phi) is 2.70. The molecule has 4 nitrogen and oxygen atoms in total. The van der Waals surface area contributed by atoms with Crippen molar-refractivity contribution in [3.8, 4) is 0 Å². The van der Waals surface area contributed by atoms with Crippen molar-refractivity contribution in [2.75, 3.05) is 25.5 Å². The standard InChI is InChI=1S/C12H22N4/c1-12(2,3)16-10-6-7-13-8-9(10)14-11(16)15(4)5/h13H,6-8H2,1-5H3. The molecule has 0 amide bonds. The molecule has 0 saturated carbocycles. The molecule has 0 spiro atoms. The predicted molar refractivity (Wildman–Crippen MR) is 67.0 cm³/mol. The van der Waals surface area contributed by atoms with Gasteiger partial charge in [-0.25, -0.2) is 4.98 Å². The summed E-state index contributed by atoms with van der Waals surface area (Å²) in [6.45, 7) is 8.68. The Morgan fingerprint density at radius 2 is 2.00 bits per heavy atom. The van der Waals surface area contributed by atoms with E-state index < -0.39 is 0 Å². The van der Waals surface area contributed by atoms with E-state index >= 15 is 0 Å². The van der Waals surface area contributed by atoms with Gasteiger partial charge in [0.05, 0.1) is 5.69 Å². The van der Waals surface area contributed by atoms with E-state index in [1.54, 1.807) is 0 Å². The molecule has 2 rings (SSSR count). The van der Waals surface area contributed by atoms with Gasteiger partial charge in [-0.2, -0.15) is 0 Å². The van der Waals surface area contributed by atoms with Crippen molar-refractivity contribution >= 4 is 5.95 Å². The zero-order valence-electron chi connectivity index (χ0n) is 11.0. The summed E-state index contributed by atoms with van der Waals surface area (Å²) in [7, 11) is 4.12. The van der Waals surface area contributed by atoms with E-state index in [9.17, 15) is 0 Å². The number of fused-ring (bicyclic) bond motifs is 1. The van der Waals surface area contributed by atoms with Crippen LogP contribution in [0.2, 0.25) is 0 Å². The third-order valence-corrected chi connectivity index (χ3v) is 2.94. The van der Waals surface area contributed by atoms with Gasteiger partial charge >= 0.3 is 0 Å². The lowest BCUT2D eigenvalue weighted by Crippen LogP contribution is -2.31. The third kappa shape index (κ3) is 1.82. The molecular formula is C12H22N4. The number of nitrogens with zero attached hydrogens (tertiary/aromatic N) is 3. The van der Waals surface area contributed by atoms with E-state index in [2.05, 4.69) is 49.7 Å². The number of hydrogen-bond donors (Lipinski definition) is 1. The third-order valence-electron chi connectivity index (χ3n) is 2.94. The van der Waals surface area contributed by atoms with Crippen LogP contribution in [0.3, 0.4) is 0 Å². The van der Waals surface area contributed by atoms with Crippen molar-refractivity contribution < 1.29 is 0 Å². The molecule has 0 bridgehead atoms. The van der Waals surface area contributed by atoms with E-state index in [-0.39, 0.29) is 5.54 Å². The summed E-state index contributed by atoms with van der Waals surface area (Å²) in [5.41, 5.74) is 2.71. The van der Waals surface area contributed by atoms with Crippen molar-refractivity contribution in [2.24, 2.45) is 0 Å². The van der Waals surface area contributed by atoms with Crippen molar-refractivity contribution in [3.05, 3.63) is 11.4 Å². The van der Waals surface area contributed by atoms with Crippen LogP contribution in [-0.2, 0) is 18.5 Å². The fraction of sp³-hybridized carbons (Fsp3) is 0.750. The number of imidazole rings is 1. The molecule has 0 unspecified atom stereocenters. The van der Waals surface area contributed by atoms with Crippen molar-refractivity contribution in [1.29, 1.82) is 0 Å². The van der Waals surface area contributed by atoms with E-state index in [1.165, 1.54) is 11.4 Å². The predicted octanol–water partition coefficient (Wildman–Crippen LogP) is 1.35. The second-order valence-corrected chi connectivity index (χ2v) is 5.63. The van der Waals surface area contributed by atoms with Gasteiger partial charge in [-0.1, -0.05) is 0 Å². The van der Waals surface area contributed by atoms with Crippen molar-refractivity contribution in [3.63, 3.8) is 0 Å². The average molecular weight is 222 g/mol. The summed E-state index contributed by atoms with van der Waals surface area (Å²) in [6, 6.07) is 0. The van der Waals surface area contributed by atoms with Gasteiger partial charge < -0.3 is 14.8 Å². The van der Waals surface area contributed by atoms with Crippen LogP contribution in [0.15, 0.2) is 0 Å². The first kappa shape index (κ1) is 11.5. The first-order chi connectivity index (χ1) is 7.41. The highest BCUT2D eigenvalue weighted by molar-refractivity contribution is 5.38. The maximum absolute atomic E-state index is 4.74. The molecule has 90 valence electrons. The van der Waals surface area contributed by atoms with Gasteiger partial charge in [0.1, 0.15) is 0 Å². The minimum absolute atomic E-state index is 0.0948. The number of nitrogens with one attached hydrogen (secondary N) is 1. The van der Waals surface area contributed by atoms with Crippen molar-refractivity contribution in [1.82, 2.24) is 14.9 Å². The summed E-state index contributed by atoms with van der Waals surface area (Å²) >= 11 is 0.